The van der Waals surface area contributed by atoms with Gasteiger partial charge in [-0.2, -0.15) is 0 Å². The smallest absolute Gasteiger partial charge is 0.308 e. The fourth-order valence-electron chi connectivity index (χ4n) is 2.56. The summed E-state index contributed by atoms with van der Waals surface area (Å²) in [7, 11) is 0. The van der Waals surface area contributed by atoms with Crippen molar-refractivity contribution in [2.24, 2.45) is 5.92 Å². The Bertz CT molecular complexity index is 487. The molecule has 0 aromatic carbocycles. The number of pyridine rings is 1. The van der Waals surface area contributed by atoms with E-state index in [1.165, 1.54) is 6.20 Å². The van der Waals surface area contributed by atoms with Gasteiger partial charge in [-0.05, 0) is 25.0 Å². The van der Waals surface area contributed by atoms with E-state index in [4.69, 9.17) is 10.8 Å². The number of nitrogen functional groups attached to an aromatic ring is 1. The van der Waals surface area contributed by atoms with Crippen LogP contribution in [0, 0.1) is 5.92 Å². The molecule has 1 aromatic heterocycles. The predicted molar refractivity (Wildman–Crippen MR) is 73.9 cm³/mol. The highest BCUT2D eigenvalue weighted by Crippen LogP contribution is 2.24. The molecule has 108 valence electrons. The van der Waals surface area contributed by atoms with Crippen LogP contribution < -0.4 is 11.1 Å². The minimum atomic E-state index is -0.833. The lowest BCUT2D eigenvalue weighted by Crippen LogP contribution is -2.45. The highest BCUT2D eigenvalue weighted by atomic mass is 16.4. The monoisotopic (exact) mass is 277 g/mol. The van der Waals surface area contributed by atoms with Crippen LogP contribution in [0.25, 0.3) is 0 Å². The highest BCUT2D eigenvalue weighted by molar-refractivity contribution is 5.80. The number of rotatable bonds is 4. The van der Waals surface area contributed by atoms with Gasteiger partial charge in [0.25, 0.3) is 0 Å². The van der Waals surface area contributed by atoms with Crippen molar-refractivity contribution < 1.29 is 14.7 Å². The second kappa shape index (κ2) is 6.36. The van der Waals surface area contributed by atoms with Gasteiger partial charge < -0.3 is 16.2 Å². The first-order chi connectivity index (χ1) is 9.56. The maximum Gasteiger partial charge on any atom is 0.308 e. The van der Waals surface area contributed by atoms with Crippen LogP contribution in [0.3, 0.4) is 0 Å². The fraction of sp³-hybridized carbons (Fsp3) is 0.500. The van der Waals surface area contributed by atoms with Gasteiger partial charge >= 0.3 is 5.97 Å². The summed E-state index contributed by atoms with van der Waals surface area (Å²) in [5.41, 5.74) is 6.70. The Balaban J connectivity index is 1.92. The van der Waals surface area contributed by atoms with E-state index >= 15 is 0 Å². The van der Waals surface area contributed by atoms with Crippen LogP contribution >= 0.6 is 0 Å². The number of carbonyl (C=O) groups excluding carboxylic acids is 1. The van der Waals surface area contributed by atoms with Crippen LogP contribution in [0.1, 0.15) is 31.4 Å². The number of aromatic nitrogens is 1. The Kier molecular flexibility index (Phi) is 4.55. The lowest BCUT2D eigenvalue weighted by atomic mass is 9.84. The van der Waals surface area contributed by atoms with Gasteiger partial charge in [-0.1, -0.05) is 12.8 Å². The second-order valence-electron chi connectivity index (χ2n) is 5.16. The van der Waals surface area contributed by atoms with Crippen LogP contribution in [0.4, 0.5) is 5.69 Å². The third-order valence-electron chi connectivity index (χ3n) is 3.62. The van der Waals surface area contributed by atoms with Gasteiger partial charge in [-0.25, -0.2) is 0 Å². The van der Waals surface area contributed by atoms with Crippen LogP contribution in [-0.4, -0.2) is 28.0 Å². The van der Waals surface area contributed by atoms with Crippen molar-refractivity contribution in [3.63, 3.8) is 0 Å². The van der Waals surface area contributed by atoms with Crippen molar-refractivity contribution in [3.05, 3.63) is 24.0 Å². The van der Waals surface area contributed by atoms with Gasteiger partial charge in [0.05, 0.1) is 24.2 Å². The van der Waals surface area contributed by atoms with Crippen LogP contribution in [0.2, 0.25) is 0 Å². The van der Waals surface area contributed by atoms with Crippen molar-refractivity contribution in [3.8, 4) is 0 Å². The van der Waals surface area contributed by atoms with E-state index in [9.17, 15) is 9.59 Å². The molecule has 1 saturated carbocycles. The molecule has 0 aliphatic heterocycles. The molecule has 6 heteroatoms. The molecule has 0 saturated heterocycles. The Morgan fingerprint density at radius 2 is 2.10 bits per heavy atom. The summed E-state index contributed by atoms with van der Waals surface area (Å²) in [6.45, 7) is 0. The average Bonchev–Trinajstić information content (AvgIpc) is 2.41. The molecule has 2 unspecified atom stereocenters. The SMILES string of the molecule is Nc1ccc(CC(=O)NC2CCCCC2C(=O)O)nc1. The molecular weight excluding hydrogens is 258 g/mol. The minimum Gasteiger partial charge on any atom is -0.481 e. The summed E-state index contributed by atoms with van der Waals surface area (Å²) >= 11 is 0. The third kappa shape index (κ3) is 3.69. The van der Waals surface area contributed by atoms with Crippen molar-refractivity contribution in [1.29, 1.82) is 0 Å². The van der Waals surface area contributed by atoms with Crippen LogP contribution in [0.15, 0.2) is 18.3 Å². The van der Waals surface area contributed by atoms with Crippen LogP contribution in [-0.2, 0) is 16.0 Å². The summed E-state index contributed by atoms with van der Waals surface area (Å²) in [5, 5.41) is 12.0. The summed E-state index contributed by atoms with van der Waals surface area (Å²) in [6, 6.07) is 3.11. The number of amides is 1. The Labute approximate surface area is 117 Å². The molecule has 20 heavy (non-hydrogen) atoms. The first-order valence-electron chi connectivity index (χ1n) is 6.79. The van der Waals surface area contributed by atoms with Gasteiger partial charge in [0, 0.05) is 11.7 Å². The van der Waals surface area contributed by atoms with Gasteiger partial charge in [-0.15, -0.1) is 0 Å². The maximum absolute atomic E-state index is 12.0. The molecule has 0 radical (unpaired) electrons. The molecule has 0 spiro atoms. The molecular formula is C14H19N3O3. The topological polar surface area (TPSA) is 105 Å². The molecule has 1 aliphatic rings. The summed E-state index contributed by atoms with van der Waals surface area (Å²) in [5.74, 6) is -1.51. The third-order valence-corrected chi connectivity index (χ3v) is 3.62. The molecule has 1 aliphatic carbocycles. The van der Waals surface area contributed by atoms with Crippen molar-refractivity contribution in [2.75, 3.05) is 5.73 Å². The number of carboxylic acids is 1. The number of aliphatic carboxylic acids is 1. The normalized spacial score (nSPS) is 22.2. The first kappa shape index (κ1) is 14.3. The van der Waals surface area contributed by atoms with Crippen molar-refractivity contribution >= 4 is 17.6 Å². The van der Waals surface area contributed by atoms with E-state index in [0.29, 0.717) is 17.8 Å². The second-order valence-corrected chi connectivity index (χ2v) is 5.16. The lowest BCUT2D eigenvalue weighted by molar-refractivity contribution is -0.144. The Morgan fingerprint density at radius 3 is 2.75 bits per heavy atom. The molecule has 1 aromatic rings. The van der Waals surface area contributed by atoms with E-state index in [0.717, 1.165) is 19.3 Å². The number of hydrogen-bond acceptors (Lipinski definition) is 4. The first-order valence-corrected chi connectivity index (χ1v) is 6.79. The molecule has 2 rings (SSSR count). The van der Waals surface area contributed by atoms with E-state index in [2.05, 4.69) is 10.3 Å². The van der Waals surface area contributed by atoms with Crippen molar-refractivity contribution in [1.82, 2.24) is 10.3 Å². The molecule has 1 heterocycles. The number of nitrogens with zero attached hydrogens (tertiary/aromatic N) is 1. The molecule has 2 atom stereocenters. The van der Waals surface area contributed by atoms with E-state index < -0.39 is 11.9 Å². The maximum atomic E-state index is 12.0. The number of carboxylic acid groups (broad SMARTS) is 1. The standard InChI is InChI=1S/C14H19N3O3/c15-9-5-6-10(16-8-9)7-13(18)17-12-4-2-1-3-11(12)14(19)20/h5-6,8,11-12H,1-4,7,15H2,(H,17,18)(H,19,20). The zero-order chi connectivity index (χ0) is 14.5. The molecule has 1 amide bonds. The van der Waals surface area contributed by atoms with E-state index in [1.807, 2.05) is 0 Å². The Hall–Kier alpha value is -2.11. The van der Waals surface area contributed by atoms with E-state index in [1.54, 1.807) is 12.1 Å². The van der Waals surface area contributed by atoms with Gasteiger partial charge in [-0.3, -0.25) is 14.6 Å². The zero-order valence-electron chi connectivity index (χ0n) is 11.2. The lowest BCUT2D eigenvalue weighted by Gasteiger charge is -2.29. The van der Waals surface area contributed by atoms with Gasteiger partial charge in [0.15, 0.2) is 0 Å². The average molecular weight is 277 g/mol. The predicted octanol–water partition coefficient (Wildman–Crippen LogP) is 0.966. The number of carbonyl (C=O) groups is 2. The summed E-state index contributed by atoms with van der Waals surface area (Å²) in [6.07, 6.45) is 4.85. The highest BCUT2D eigenvalue weighted by Gasteiger charge is 2.31. The van der Waals surface area contributed by atoms with Gasteiger partial charge in [0.1, 0.15) is 0 Å². The quantitative estimate of drug-likeness (QED) is 0.760. The van der Waals surface area contributed by atoms with Crippen LogP contribution in [0.5, 0.6) is 0 Å². The summed E-state index contributed by atoms with van der Waals surface area (Å²) in [4.78, 5) is 27.2. The number of hydrogen-bond donors (Lipinski definition) is 3. The number of nitrogens with two attached hydrogens (primary N) is 1. The minimum absolute atomic E-state index is 0.142. The Morgan fingerprint density at radius 1 is 1.35 bits per heavy atom. The molecule has 0 bridgehead atoms. The number of anilines is 1. The fourth-order valence-corrected chi connectivity index (χ4v) is 2.56. The molecule has 6 nitrogen and oxygen atoms in total. The van der Waals surface area contributed by atoms with E-state index in [-0.39, 0.29) is 18.4 Å². The number of nitrogens with one attached hydrogen (secondary N) is 1. The molecule has 1 fully saturated rings. The molecule has 4 N–H and O–H groups in total. The van der Waals surface area contributed by atoms with Gasteiger partial charge in [0.2, 0.25) is 5.91 Å². The summed E-state index contributed by atoms with van der Waals surface area (Å²) < 4.78 is 0. The zero-order valence-corrected chi connectivity index (χ0v) is 11.2. The van der Waals surface area contributed by atoms with Crippen molar-refractivity contribution in [2.45, 2.75) is 38.1 Å². The largest absolute Gasteiger partial charge is 0.481 e.